The second kappa shape index (κ2) is 5.26. The Bertz CT molecular complexity index is 222. The van der Waals surface area contributed by atoms with Crippen molar-refractivity contribution in [3.8, 4) is 0 Å². The van der Waals surface area contributed by atoms with E-state index in [-0.39, 0.29) is 6.04 Å². The Labute approximate surface area is 86.1 Å². The average molecular weight is 221 g/mol. The van der Waals surface area contributed by atoms with Crippen molar-refractivity contribution in [1.29, 1.82) is 0 Å². The van der Waals surface area contributed by atoms with Crippen molar-refractivity contribution in [2.45, 2.75) is 25.8 Å². The van der Waals surface area contributed by atoms with Gasteiger partial charge in [0.15, 0.2) is 0 Å². The Balaban J connectivity index is 2.60. The highest BCUT2D eigenvalue weighted by Crippen LogP contribution is 2.50. The van der Waals surface area contributed by atoms with Crippen LogP contribution in [0.3, 0.4) is 0 Å². The first-order chi connectivity index (χ1) is 6.61. The summed E-state index contributed by atoms with van der Waals surface area (Å²) in [4.78, 5) is 0. The van der Waals surface area contributed by atoms with Gasteiger partial charge in [-0.25, -0.2) is 4.67 Å². The van der Waals surface area contributed by atoms with Crippen molar-refractivity contribution >= 4 is 7.52 Å². The van der Waals surface area contributed by atoms with Gasteiger partial charge in [-0.3, -0.25) is 4.57 Å². The molecule has 0 saturated carbocycles. The summed E-state index contributed by atoms with van der Waals surface area (Å²) in [6.45, 7) is 5.58. The second-order valence-corrected chi connectivity index (χ2v) is 6.01. The van der Waals surface area contributed by atoms with Crippen LogP contribution >= 0.6 is 7.52 Å². The van der Waals surface area contributed by atoms with Crippen LogP contribution in [-0.2, 0) is 13.8 Å². The molecule has 0 aromatic heterocycles. The summed E-state index contributed by atoms with van der Waals surface area (Å²) < 4.78 is 24.5. The molecule has 0 aromatic rings. The zero-order valence-corrected chi connectivity index (χ0v) is 10.1. The van der Waals surface area contributed by atoms with Crippen molar-refractivity contribution in [3.05, 3.63) is 0 Å². The van der Waals surface area contributed by atoms with Gasteiger partial charge >= 0.3 is 0 Å². The smallest absolute Gasteiger partial charge is 0.269 e. The van der Waals surface area contributed by atoms with Crippen molar-refractivity contribution in [1.82, 2.24) is 4.67 Å². The summed E-state index contributed by atoms with van der Waals surface area (Å²) in [6.07, 6.45) is 2.14. The zero-order chi connectivity index (χ0) is 10.6. The highest BCUT2D eigenvalue weighted by molar-refractivity contribution is 7.55. The Morgan fingerprint density at radius 1 is 1.57 bits per heavy atom. The van der Waals surface area contributed by atoms with Crippen LogP contribution in [0.15, 0.2) is 0 Å². The van der Waals surface area contributed by atoms with Gasteiger partial charge in [-0.2, -0.15) is 0 Å². The monoisotopic (exact) mass is 221 g/mol. The third kappa shape index (κ3) is 2.80. The molecule has 1 rings (SSSR count). The standard InChI is InChI=1S/C9H20NO3P/c1-4-13-14(3,11)10-7-5-6-9(10)8-12-2/h9H,4-8H2,1-3H3/t9-,14?/m1/s1. The van der Waals surface area contributed by atoms with Crippen molar-refractivity contribution < 1.29 is 13.8 Å². The molecule has 5 heteroatoms. The van der Waals surface area contributed by atoms with Gasteiger partial charge in [-0.15, -0.1) is 0 Å². The SMILES string of the molecule is CCOP(C)(=O)N1CCC[C@@H]1COC. The molecule has 14 heavy (non-hydrogen) atoms. The Morgan fingerprint density at radius 3 is 2.86 bits per heavy atom. The quantitative estimate of drug-likeness (QED) is 0.665. The Kier molecular flexibility index (Phi) is 4.58. The maximum atomic E-state index is 12.1. The minimum atomic E-state index is -2.57. The van der Waals surface area contributed by atoms with Crippen LogP contribution < -0.4 is 0 Å². The number of rotatable bonds is 5. The number of nitrogens with zero attached hydrogens (tertiary/aromatic N) is 1. The molecule has 0 bridgehead atoms. The second-order valence-electron chi connectivity index (χ2n) is 3.64. The van der Waals surface area contributed by atoms with Gasteiger partial charge in [0.05, 0.1) is 13.2 Å². The molecule has 0 spiro atoms. The molecule has 4 nitrogen and oxygen atoms in total. The molecule has 0 N–H and O–H groups in total. The number of ether oxygens (including phenoxy) is 1. The number of methoxy groups -OCH3 is 1. The predicted octanol–water partition coefficient (Wildman–Crippen LogP) is 1.96. The summed E-state index contributed by atoms with van der Waals surface area (Å²) in [5, 5.41) is 0. The van der Waals surface area contributed by atoms with Crippen LogP contribution in [0.5, 0.6) is 0 Å². The lowest BCUT2D eigenvalue weighted by atomic mass is 10.2. The average Bonchev–Trinajstić information content (AvgIpc) is 2.53. The Hall–Kier alpha value is 0.110. The topological polar surface area (TPSA) is 38.8 Å². The van der Waals surface area contributed by atoms with E-state index in [1.165, 1.54) is 0 Å². The molecule has 1 fully saturated rings. The van der Waals surface area contributed by atoms with Gasteiger partial charge in [0.25, 0.3) is 7.52 Å². The van der Waals surface area contributed by atoms with Gasteiger partial charge in [0.1, 0.15) is 0 Å². The van der Waals surface area contributed by atoms with E-state index in [0.717, 1.165) is 19.4 Å². The maximum absolute atomic E-state index is 12.1. The first kappa shape index (κ1) is 12.2. The molecule has 0 aliphatic carbocycles. The van der Waals surface area contributed by atoms with Gasteiger partial charge < -0.3 is 9.26 Å². The van der Waals surface area contributed by atoms with Crippen molar-refractivity contribution in [2.75, 3.05) is 33.5 Å². The van der Waals surface area contributed by atoms with E-state index in [4.69, 9.17) is 9.26 Å². The third-order valence-corrected chi connectivity index (χ3v) is 4.74. The van der Waals surface area contributed by atoms with Gasteiger partial charge in [0, 0.05) is 26.4 Å². The van der Waals surface area contributed by atoms with E-state index < -0.39 is 7.52 Å². The first-order valence-corrected chi connectivity index (χ1v) is 7.12. The molecule has 1 unspecified atom stereocenters. The van der Waals surface area contributed by atoms with Crippen LogP contribution in [-0.4, -0.2) is 44.2 Å². The van der Waals surface area contributed by atoms with Crippen LogP contribution in [0.2, 0.25) is 0 Å². The molecule has 0 amide bonds. The van der Waals surface area contributed by atoms with Crippen molar-refractivity contribution in [3.63, 3.8) is 0 Å². The molecule has 84 valence electrons. The fraction of sp³-hybridized carbons (Fsp3) is 1.00. The van der Waals surface area contributed by atoms with Gasteiger partial charge in [-0.1, -0.05) is 0 Å². The molecule has 2 atom stereocenters. The fourth-order valence-electron chi connectivity index (χ4n) is 1.97. The van der Waals surface area contributed by atoms with Crippen LogP contribution in [0.4, 0.5) is 0 Å². The lowest BCUT2D eigenvalue weighted by molar-refractivity contribution is 0.140. The number of hydrogen-bond acceptors (Lipinski definition) is 3. The molecule has 1 aliphatic rings. The summed E-state index contributed by atoms with van der Waals surface area (Å²) >= 11 is 0. The minimum absolute atomic E-state index is 0.266. The summed E-state index contributed by atoms with van der Waals surface area (Å²) in [5.74, 6) is 0. The van der Waals surface area contributed by atoms with E-state index in [1.807, 2.05) is 11.6 Å². The molecule has 1 aliphatic heterocycles. The van der Waals surface area contributed by atoms with Gasteiger partial charge in [-0.05, 0) is 19.8 Å². The van der Waals surface area contributed by atoms with E-state index in [2.05, 4.69) is 0 Å². The third-order valence-electron chi connectivity index (χ3n) is 2.54. The molecule has 1 saturated heterocycles. The van der Waals surface area contributed by atoms with E-state index in [1.54, 1.807) is 13.8 Å². The lowest BCUT2D eigenvalue weighted by Crippen LogP contribution is -2.30. The van der Waals surface area contributed by atoms with E-state index in [0.29, 0.717) is 13.2 Å². The summed E-state index contributed by atoms with van der Waals surface area (Å²) in [6, 6.07) is 0.266. The van der Waals surface area contributed by atoms with Crippen LogP contribution in [0.1, 0.15) is 19.8 Å². The van der Waals surface area contributed by atoms with Gasteiger partial charge in [0.2, 0.25) is 0 Å². The van der Waals surface area contributed by atoms with Crippen molar-refractivity contribution in [2.24, 2.45) is 0 Å². The van der Waals surface area contributed by atoms with E-state index in [9.17, 15) is 4.57 Å². The maximum Gasteiger partial charge on any atom is 0.269 e. The highest BCUT2D eigenvalue weighted by atomic mass is 31.2. The molecular formula is C9H20NO3P. The van der Waals surface area contributed by atoms with Crippen LogP contribution in [0.25, 0.3) is 0 Å². The molecule has 0 aromatic carbocycles. The molecular weight excluding hydrogens is 201 g/mol. The largest absolute Gasteiger partial charge is 0.383 e. The van der Waals surface area contributed by atoms with Crippen LogP contribution in [0, 0.1) is 0 Å². The number of hydrogen-bond donors (Lipinski definition) is 0. The summed E-state index contributed by atoms with van der Waals surface area (Å²) in [7, 11) is -0.894. The first-order valence-electron chi connectivity index (χ1n) is 5.10. The molecule has 1 heterocycles. The Morgan fingerprint density at radius 2 is 2.29 bits per heavy atom. The zero-order valence-electron chi connectivity index (χ0n) is 9.23. The lowest BCUT2D eigenvalue weighted by Gasteiger charge is -2.29. The minimum Gasteiger partial charge on any atom is -0.383 e. The van der Waals surface area contributed by atoms with E-state index >= 15 is 0 Å². The fourth-order valence-corrected chi connectivity index (χ4v) is 3.88. The normalized spacial score (nSPS) is 27.8. The summed E-state index contributed by atoms with van der Waals surface area (Å²) in [5.41, 5.74) is 0. The highest BCUT2D eigenvalue weighted by Gasteiger charge is 2.35. The predicted molar refractivity (Wildman–Crippen MR) is 56.8 cm³/mol. The molecule has 0 radical (unpaired) electrons.